The number of aromatic carboxylic acids is 1. The number of ether oxygens (including phenoxy) is 1. The van der Waals surface area contributed by atoms with E-state index in [1.807, 2.05) is 30.3 Å². The highest BCUT2D eigenvalue weighted by molar-refractivity contribution is 7.89. The molecule has 9 nitrogen and oxygen atoms in total. The first-order chi connectivity index (χ1) is 15.2. The van der Waals surface area contributed by atoms with E-state index in [1.54, 1.807) is 0 Å². The lowest BCUT2D eigenvalue weighted by atomic mass is 10.2. The Bertz CT molecular complexity index is 1100. The molecule has 1 fully saturated rings. The number of amides is 1. The first kappa shape index (κ1) is 23.4. The summed E-state index contributed by atoms with van der Waals surface area (Å²) in [4.78, 5) is 37.7. The summed E-state index contributed by atoms with van der Waals surface area (Å²) in [6, 6.07) is 12.3. The van der Waals surface area contributed by atoms with Crippen molar-refractivity contribution in [3.63, 3.8) is 0 Å². The van der Waals surface area contributed by atoms with Crippen LogP contribution in [0.5, 0.6) is 0 Å². The van der Waals surface area contributed by atoms with Crippen molar-refractivity contribution in [3.8, 4) is 0 Å². The summed E-state index contributed by atoms with van der Waals surface area (Å²) in [5.41, 5.74) is 0.415. The van der Waals surface area contributed by atoms with Gasteiger partial charge in [0.05, 0.1) is 16.5 Å². The van der Waals surface area contributed by atoms with Crippen LogP contribution < -0.4 is 4.72 Å². The number of sulfonamides is 1. The third kappa shape index (κ3) is 5.32. The van der Waals surface area contributed by atoms with Crippen LogP contribution in [0.15, 0.2) is 59.5 Å². The zero-order valence-electron chi connectivity index (χ0n) is 17.4. The second-order valence-corrected chi connectivity index (χ2v) is 9.11. The number of hydrogen-bond acceptors (Lipinski definition) is 6. The van der Waals surface area contributed by atoms with Crippen molar-refractivity contribution < 1.29 is 32.6 Å². The van der Waals surface area contributed by atoms with Crippen molar-refractivity contribution in [2.45, 2.75) is 43.4 Å². The molecule has 0 spiro atoms. The lowest BCUT2D eigenvalue weighted by Gasteiger charge is -2.26. The molecule has 0 aromatic heterocycles. The lowest BCUT2D eigenvalue weighted by molar-refractivity contribution is -0.154. The number of carbonyl (C=O) groups is 3. The molecule has 1 heterocycles. The van der Waals surface area contributed by atoms with Gasteiger partial charge in [0, 0.05) is 6.54 Å². The molecule has 0 radical (unpaired) electrons. The van der Waals surface area contributed by atoms with Crippen LogP contribution in [-0.4, -0.2) is 54.9 Å². The highest BCUT2D eigenvalue weighted by atomic mass is 32.2. The molecule has 32 heavy (non-hydrogen) atoms. The maximum atomic E-state index is 12.9. The maximum Gasteiger partial charge on any atom is 0.337 e. The topological polar surface area (TPSA) is 130 Å². The Morgan fingerprint density at radius 1 is 1.12 bits per heavy atom. The molecule has 0 saturated carbocycles. The average molecular weight is 461 g/mol. The van der Waals surface area contributed by atoms with Crippen LogP contribution in [0.2, 0.25) is 0 Å². The second kappa shape index (κ2) is 9.92. The van der Waals surface area contributed by atoms with Gasteiger partial charge < -0.3 is 14.7 Å². The quantitative estimate of drug-likeness (QED) is 0.574. The number of rotatable bonds is 8. The van der Waals surface area contributed by atoms with Crippen molar-refractivity contribution in [1.82, 2.24) is 9.62 Å². The fourth-order valence-electron chi connectivity index (χ4n) is 3.57. The summed E-state index contributed by atoms with van der Waals surface area (Å²) in [7, 11) is -4.29. The molecule has 1 aliphatic rings. The largest absolute Gasteiger partial charge is 0.478 e. The zero-order valence-corrected chi connectivity index (χ0v) is 18.2. The van der Waals surface area contributed by atoms with E-state index in [2.05, 4.69) is 4.72 Å². The highest BCUT2D eigenvalue weighted by Gasteiger charge is 2.38. The van der Waals surface area contributed by atoms with Gasteiger partial charge in [-0.25, -0.2) is 18.0 Å². The number of likely N-dealkylation sites (tertiary alicyclic amines) is 1. The van der Waals surface area contributed by atoms with E-state index in [0.717, 1.165) is 11.6 Å². The molecule has 2 N–H and O–H groups in total. The third-order valence-electron chi connectivity index (χ3n) is 5.14. The molecule has 3 rings (SSSR count). The van der Waals surface area contributed by atoms with Crippen LogP contribution in [0.3, 0.4) is 0 Å². The Morgan fingerprint density at radius 2 is 1.78 bits per heavy atom. The summed E-state index contributed by atoms with van der Waals surface area (Å²) in [6.45, 7) is 1.72. The Morgan fingerprint density at radius 3 is 2.47 bits per heavy atom. The number of hydrogen-bond donors (Lipinski definition) is 2. The lowest BCUT2D eigenvalue weighted by Crippen LogP contribution is -2.50. The summed E-state index contributed by atoms with van der Waals surface area (Å²) >= 11 is 0. The van der Waals surface area contributed by atoms with Crippen molar-refractivity contribution in [2.24, 2.45) is 0 Å². The zero-order chi connectivity index (χ0) is 23.3. The van der Waals surface area contributed by atoms with Gasteiger partial charge in [-0.2, -0.15) is 4.72 Å². The number of carboxylic acid groups (broad SMARTS) is 1. The van der Waals surface area contributed by atoms with Gasteiger partial charge in [0.25, 0.3) is 0 Å². The van der Waals surface area contributed by atoms with Gasteiger partial charge in [-0.05, 0) is 37.5 Å². The Hall–Kier alpha value is -3.24. The summed E-state index contributed by atoms with van der Waals surface area (Å²) in [6.07, 6.45) is 0.999. The Balaban J connectivity index is 1.68. The predicted octanol–water partition coefficient (Wildman–Crippen LogP) is 1.79. The van der Waals surface area contributed by atoms with E-state index in [1.165, 1.54) is 30.0 Å². The molecular weight excluding hydrogens is 436 g/mol. The minimum Gasteiger partial charge on any atom is -0.478 e. The number of benzene rings is 2. The first-order valence-corrected chi connectivity index (χ1v) is 11.5. The number of nitrogens with zero attached hydrogens (tertiary/aromatic N) is 1. The Labute approximate surface area is 186 Å². The normalized spacial score (nSPS) is 17.0. The fraction of sp³-hybridized carbons (Fsp3) is 0.318. The summed E-state index contributed by atoms with van der Waals surface area (Å²) in [5.74, 6) is -2.53. The average Bonchev–Trinajstić information content (AvgIpc) is 3.27. The monoisotopic (exact) mass is 460 g/mol. The SMILES string of the molecule is C[C@H](NS(=O)(=O)c1ccccc1C(=O)O)C(=O)N1CCC[C@H]1C(=O)OCc1ccccc1. The van der Waals surface area contributed by atoms with E-state index < -0.39 is 50.4 Å². The third-order valence-corrected chi connectivity index (χ3v) is 6.74. The summed E-state index contributed by atoms with van der Waals surface area (Å²) < 4.78 is 33.0. The molecule has 0 bridgehead atoms. The number of carboxylic acids is 1. The molecule has 1 saturated heterocycles. The predicted molar refractivity (Wildman–Crippen MR) is 114 cm³/mol. The minimum atomic E-state index is -4.29. The Kier molecular flexibility index (Phi) is 7.26. The molecule has 2 aromatic carbocycles. The molecule has 10 heteroatoms. The summed E-state index contributed by atoms with van der Waals surface area (Å²) in [5, 5.41) is 9.25. The molecule has 0 aliphatic carbocycles. The van der Waals surface area contributed by atoms with Gasteiger partial charge in [-0.3, -0.25) is 4.79 Å². The van der Waals surface area contributed by atoms with E-state index in [4.69, 9.17) is 4.74 Å². The highest BCUT2D eigenvalue weighted by Crippen LogP contribution is 2.21. The van der Waals surface area contributed by atoms with Crippen LogP contribution in [0, 0.1) is 0 Å². The van der Waals surface area contributed by atoms with Crippen molar-refractivity contribution in [3.05, 3.63) is 65.7 Å². The van der Waals surface area contributed by atoms with Gasteiger partial charge in [-0.1, -0.05) is 42.5 Å². The van der Waals surface area contributed by atoms with Crippen molar-refractivity contribution in [2.75, 3.05) is 6.54 Å². The van der Waals surface area contributed by atoms with E-state index in [-0.39, 0.29) is 6.61 Å². The van der Waals surface area contributed by atoms with Gasteiger partial charge in [-0.15, -0.1) is 0 Å². The first-order valence-electron chi connectivity index (χ1n) is 10.1. The van der Waals surface area contributed by atoms with Crippen LogP contribution >= 0.6 is 0 Å². The van der Waals surface area contributed by atoms with Gasteiger partial charge in [0.1, 0.15) is 12.6 Å². The van der Waals surface area contributed by atoms with Gasteiger partial charge in [0.2, 0.25) is 15.9 Å². The number of esters is 1. The van der Waals surface area contributed by atoms with E-state index in [0.29, 0.717) is 19.4 Å². The minimum absolute atomic E-state index is 0.0758. The maximum absolute atomic E-state index is 12.9. The molecule has 0 unspecified atom stereocenters. The van der Waals surface area contributed by atoms with Crippen molar-refractivity contribution in [1.29, 1.82) is 0 Å². The number of nitrogens with one attached hydrogen (secondary N) is 1. The fourth-order valence-corrected chi connectivity index (χ4v) is 4.97. The molecule has 2 atom stereocenters. The molecular formula is C22H24N2O7S. The van der Waals surface area contributed by atoms with Gasteiger partial charge in [0.15, 0.2) is 0 Å². The number of carbonyl (C=O) groups excluding carboxylic acids is 2. The molecule has 2 aromatic rings. The molecule has 1 aliphatic heterocycles. The molecule has 170 valence electrons. The molecule has 1 amide bonds. The standard InChI is InChI=1S/C22H24N2O7S/c1-15(23-32(29,30)19-12-6-5-10-17(19)21(26)27)20(25)24-13-7-11-18(24)22(28)31-14-16-8-3-2-4-9-16/h2-6,8-10,12,15,18,23H,7,11,13-14H2,1H3,(H,26,27)/t15-,18-/m0/s1. The van der Waals surface area contributed by atoms with Gasteiger partial charge >= 0.3 is 11.9 Å². The van der Waals surface area contributed by atoms with Crippen LogP contribution in [0.4, 0.5) is 0 Å². The van der Waals surface area contributed by atoms with Crippen LogP contribution in [-0.2, 0) is 31.0 Å². The van der Waals surface area contributed by atoms with E-state index >= 15 is 0 Å². The van der Waals surface area contributed by atoms with E-state index in [9.17, 15) is 27.9 Å². The van der Waals surface area contributed by atoms with Crippen LogP contribution in [0.1, 0.15) is 35.7 Å². The second-order valence-electron chi connectivity index (χ2n) is 7.43. The van der Waals surface area contributed by atoms with Crippen molar-refractivity contribution >= 4 is 27.9 Å². The smallest absolute Gasteiger partial charge is 0.337 e. The van der Waals surface area contributed by atoms with Crippen LogP contribution in [0.25, 0.3) is 0 Å².